The van der Waals surface area contributed by atoms with Gasteiger partial charge in [0.15, 0.2) is 0 Å². The van der Waals surface area contributed by atoms with Crippen LogP contribution in [0.3, 0.4) is 0 Å². The average molecular weight is 273 g/mol. The van der Waals surface area contributed by atoms with Crippen LogP contribution in [0.15, 0.2) is 60.8 Å². The lowest BCUT2D eigenvalue weighted by atomic mass is 9.96. The third kappa shape index (κ3) is 2.87. The monoisotopic (exact) mass is 273 g/mol. The fourth-order valence-corrected chi connectivity index (χ4v) is 2.71. The number of hydrogen-bond donors (Lipinski definition) is 0. The van der Waals surface area contributed by atoms with Gasteiger partial charge in [-0.15, -0.1) is 0 Å². The highest BCUT2D eigenvalue weighted by molar-refractivity contribution is 5.81. The van der Waals surface area contributed by atoms with Crippen LogP contribution in [-0.4, -0.2) is 4.98 Å². The molecule has 0 spiro atoms. The van der Waals surface area contributed by atoms with E-state index in [0.29, 0.717) is 0 Å². The van der Waals surface area contributed by atoms with Gasteiger partial charge in [-0.05, 0) is 32.4 Å². The zero-order valence-electron chi connectivity index (χ0n) is 12.7. The summed E-state index contributed by atoms with van der Waals surface area (Å²) in [5.74, 6) is 0. The highest BCUT2D eigenvalue weighted by atomic mass is 14.7. The summed E-state index contributed by atoms with van der Waals surface area (Å²) in [6, 6.07) is 19.4. The van der Waals surface area contributed by atoms with E-state index < -0.39 is 0 Å². The summed E-state index contributed by atoms with van der Waals surface area (Å²) in [7, 11) is 0. The van der Waals surface area contributed by atoms with Crippen molar-refractivity contribution in [3.8, 4) is 22.4 Å². The maximum atomic E-state index is 4.61. The fourth-order valence-electron chi connectivity index (χ4n) is 2.71. The molecule has 0 saturated carbocycles. The summed E-state index contributed by atoms with van der Waals surface area (Å²) in [5, 5.41) is 0. The third-order valence-electron chi connectivity index (χ3n) is 3.67. The Morgan fingerprint density at radius 2 is 1.33 bits per heavy atom. The van der Waals surface area contributed by atoms with Crippen LogP contribution < -0.4 is 0 Å². The van der Waals surface area contributed by atoms with E-state index in [9.17, 15) is 0 Å². The van der Waals surface area contributed by atoms with Crippen molar-refractivity contribution in [3.63, 3.8) is 0 Å². The number of aromatic nitrogens is 1. The maximum absolute atomic E-state index is 4.61. The molecular weight excluding hydrogens is 254 g/mol. The molecule has 0 N–H and O–H groups in total. The molecule has 1 nitrogen and oxygen atoms in total. The van der Waals surface area contributed by atoms with E-state index in [1.807, 2.05) is 12.3 Å². The molecule has 2 aromatic carbocycles. The van der Waals surface area contributed by atoms with Crippen molar-refractivity contribution in [1.29, 1.82) is 0 Å². The molecule has 1 heteroatoms. The number of hydrogen-bond acceptors (Lipinski definition) is 1. The molecule has 1 aromatic heterocycles. The van der Waals surface area contributed by atoms with E-state index in [1.165, 1.54) is 27.8 Å². The minimum Gasteiger partial charge on any atom is -0.256 e. The highest BCUT2D eigenvalue weighted by Gasteiger charge is 2.09. The molecule has 0 aliphatic carbocycles. The molecule has 1 heterocycles. The van der Waals surface area contributed by atoms with Gasteiger partial charge in [-0.2, -0.15) is 0 Å². The van der Waals surface area contributed by atoms with E-state index in [4.69, 9.17) is 0 Å². The topological polar surface area (TPSA) is 12.9 Å². The van der Waals surface area contributed by atoms with E-state index in [1.54, 1.807) is 0 Å². The van der Waals surface area contributed by atoms with Crippen LogP contribution in [0.5, 0.6) is 0 Å². The van der Waals surface area contributed by atoms with Crippen molar-refractivity contribution in [1.82, 2.24) is 4.98 Å². The van der Waals surface area contributed by atoms with Crippen LogP contribution in [0.2, 0.25) is 0 Å². The van der Waals surface area contributed by atoms with E-state index >= 15 is 0 Å². The van der Waals surface area contributed by atoms with Gasteiger partial charge in [0.25, 0.3) is 0 Å². The van der Waals surface area contributed by atoms with Crippen LogP contribution in [0, 0.1) is 20.8 Å². The van der Waals surface area contributed by atoms with Crippen molar-refractivity contribution in [2.24, 2.45) is 0 Å². The van der Waals surface area contributed by atoms with Crippen molar-refractivity contribution in [2.75, 3.05) is 0 Å². The molecule has 21 heavy (non-hydrogen) atoms. The summed E-state index contributed by atoms with van der Waals surface area (Å²) >= 11 is 0. The lowest BCUT2D eigenvalue weighted by Crippen LogP contribution is -1.90. The first kappa shape index (κ1) is 13.6. The molecule has 0 amide bonds. The number of benzene rings is 2. The van der Waals surface area contributed by atoms with Gasteiger partial charge in [0.05, 0.1) is 5.69 Å². The van der Waals surface area contributed by atoms with Gasteiger partial charge < -0.3 is 0 Å². The van der Waals surface area contributed by atoms with Gasteiger partial charge in [0, 0.05) is 17.3 Å². The Balaban J connectivity index is 2.17. The van der Waals surface area contributed by atoms with Crippen LogP contribution >= 0.6 is 0 Å². The molecule has 0 saturated heterocycles. The normalized spacial score (nSPS) is 10.6. The number of pyridine rings is 1. The first-order valence-electron chi connectivity index (χ1n) is 7.24. The van der Waals surface area contributed by atoms with Crippen molar-refractivity contribution in [2.45, 2.75) is 20.8 Å². The standard InChI is InChI=1S/C20H19N/c1-14-6-8-17(9-7-14)20-19(5-4-10-21-20)18-12-15(2)11-16(3)13-18/h4-13H,1-3H3. The van der Waals surface area contributed by atoms with E-state index in [2.05, 4.69) is 74.3 Å². The molecule has 0 aliphatic rings. The molecule has 0 atom stereocenters. The van der Waals surface area contributed by atoms with Gasteiger partial charge in [-0.1, -0.05) is 65.2 Å². The van der Waals surface area contributed by atoms with Crippen LogP contribution in [0.4, 0.5) is 0 Å². The van der Waals surface area contributed by atoms with Crippen molar-refractivity contribution < 1.29 is 0 Å². The third-order valence-corrected chi connectivity index (χ3v) is 3.67. The first-order valence-corrected chi connectivity index (χ1v) is 7.24. The molecule has 3 aromatic rings. The summed E-state index contributed by atoms with van der Waals surface area (Å²) in [4.78, 5) is 4.61. The van der Waals surface area contributed by atoms with Crippen molar-refractivity contribution >= 4 is 0 Å². The second-order valence-electron chi connectivity index (χ2n) is 5.64. The second-order valence-corrected chi connectivity index (χ2v) is 5.64. The fraction of sp³-hybridized carbons (Fsp3) is 0.150. The molecule has 104 valence electrons. The number of nitrogens with zero attached hydrogens (tertiary/aromatic N) is 1. The Morgan fingerprint density at radius 3 is 2.00 bits per heavy atom. The largest absolute Gasteiger partial charge is 0.256 e. The average Bonchev–Trinajstić information content (AvgIpc) is 2.47. The van der Waals surface area contributed by atoms with Gasteiger partial charge in [0.2, 0.25) is 0 Å². The van der Waals surface area contributed by atoms with Gasteiger partial charge in [-0.25, -0.2) is 0 Å². The molecule has 0 bridgehead atoms. The zero-order chi connectivity index (χ0) is 14.8. The zero-order valence-corrected chi connectivity index (χ0v) is 12.7. The Hall–Kier alpha value is -2.41. The first-order chi connectivity index (χ1) is 10.1. The van der Waals surface area contributed by atoms with Gasteiger partial charge in [0.1, 0.15) is 0 Å². The van der Waals surface area contributed by atoms with E-state index in [0.717, 1.165) is 11.3 Å². The molecule has 0 unspecified atom stereocenters. The lowest BCUT2D eigenvalue weighted by molar-refractivity contribution is 1.31. The molecule has 0 radical (unpaired) electrons. The Morgan fingerprint density at radius 1 is 0.667 bits per heavy atom. The minimum atomic E-state index is 1.04. The Kier molecular flexibility index (Phi) is 3.57. The van der Waals surface area contributed by atoms with Crippen LogP contribution in [-0.2, 0) is 0 Å². The van der Waals surface area contributed by atoms with Gasteiger partial charge in [-0.3, -0.25) is 4.98 Å². The Bertz CT molecular complexity index is 750. The number of aryl methyl sites for hydroxylation is 3. The van der Waals surface area contributed by atoms with Crippen LogP contribution in [0.25, 0.3) is 22.4 Å². The SMILES string of the molecule is Cc1ccc(-c2ncccc2-c2cc(C)cc(C)c2)cc1. The highest BCUT2D eigenvalue weighted by Crippen LogP contribution is 2.31. The summed E-state index contributed by atoms with van der Waals surface area (Å²) in [6.07, 6.45) is 1.86. The predicted molar refractivity (Wildman–Crippen MR) is 89.3 cm³/mol. The lowest BCUT2D eigenvalue weighted by Gasteiger charge is -2.11. The minimum absolute atomic E-state index is 1.04. The quantitative estimate of drug-likeness (QED) is 0.614. The molecular formula is C20H19N. The summed E-state index contributed by atoms with van der Waals surface area (Å²) < 4.78 is 0. The number of rotatable bonds is 2. The summed E-state index contributed by atoms with van der Waals surface area (Å²) in [6.45, 7) is 6.38. The Labute approximate surface area is 126 Å². The van der Waals surface area contributed by atoms with Crippen LogP contribution in [0.1, 0.15) is 16.7 Å². The predicted octanol–water partition coefficient (Wildman–Crippen LogP) is 5.34. The van der Waals surface area contributed by atoms with Gasteiger partial charge >= 0.3 is 0 Å². The summed E-state index contributed by atoms with van der Waals surface area (Å²) in [5.41, 5.74) is 8.46. The van der Waals surface area contributed by atoms with E-state index in [-0.39, 0.29) is 0 Å². The molecule has 3 rings (SSSR count). The molecule has 0 aliphatic heterocycles. The smallest absolute Gasteiger partial charge is 0.0780 e. The maximum Gasteiger partial charge on any atom is 0.0780 e. The van der Waals surface area contributed by atoms with Crippen molar-refractivity contribution in [3.05, 3.63) is 77.5 Å². The molecule has 0 fully saturated rings. The second kappa shape index (κ2) is 5.53.